The molecule has 3 heterocycles. The van der Waals surface area contributed by atoms with E-state index in [1.165, 1.54) is 0 Å². The number of carboxylic acids is 1. The second-order valence-corrected chi connectivity index (χ2v) is 13.0. The summed E-state index contributed by atoms with van der Waals surface area (Å²) in [6.45, 7) is 2.18. The minimum Gasteiger partial charge on any atom is -0.492 e. The number of ether oxygens (including phenoxy) is 1. The Bertz CT molecular complexity index is 1720. The third kappa shape index (κ3) is 13.6. The maximum absolute atomic E-state index is 13.6. The number of nitrogens with one attached hydrogen (secondary N) is 6. The number of carbonyl (C=O) groups excluding carboxylic acids is 5. The number of aryl methyl sites for hydroxylation is 1. The molecule has 2 aliphatic rings. The molecular formula is C37H49N9O8. The summed E-state index contributed by atoms with van der Waals surface area (Å²) in [4.78, 5) is 77.5. The van der Waals surface area contributed by atoms with Crippen LogP contribution >= 0.6 is 0 Å². The lowest BCUT2D eigenvalue weighted by atomic mass is 10.0. The van der Waals surface area contributed by atoms with Gasteiger partial charge in [-0.3, -0.25) is 24.0 Å². The standard InChI is InChI=1S/C37H49N9O8/c1-24(38-2)34(49)42-29-10-6-7-17-39-32(47)16-13-27-23-46(45-44-27)18-19-54-28-14-11-26(12-15-28)21-31(37(52)53)43-36(51)30(20-25-8-4-3-5-9-25)41-33(48)22-40-35(29)50/h3-5,8-9,11-12,14-15,23-24,29-31,38H,6-7,10,13,16-22H2,1-2H3,(H,39,47)(H,40,50)(H,41,48)(H,42,49)(H,43,51)(H,52,53)/t24-,29-,30-,31-/m0/s1. The van der Waals surface area contributed by atoms with Crippen LogP contribution in [0, 0.1) is 0 Å². The molecular weight excluding hydrogens is 698 g/mol. The van der Waals surface area contributed by atoms with Gasteiger partial charge < -0.3 is 41.7 Å². The molecule has 0 saturated heterocycles. The van der Waals surface area contributed by atoms with Crippen molar-refractivity contribution in [2.24, 2.45) is 0 Å². The largest absolute Gasteiger partial charge is 0.492 e. The van der Waals surface area contributed by atoms with Crippen LogP contribution < -0.4 is 36.6 Å². The number of likely N-dealkylation sites (N-methyl/N-ethyl adjacent to an activating group) is 1. The van der Waals surface area contributed by atoms with Gasteiger partial charge in [0.1, 0.15) is 30.5 Å². The zero-order valence-corrected chi connectivity index (χ0v) is 30.5. The van der Waals surface area contributed by atoms with Gasteiger partial charge in [-0.1, -0.05) is 47.7 Å². The number of aromatic nitrogens is 3. The number of rotatable bonds is 6. The monoisotopic (exact) mass is 747 g/mol. The number of carbonyl (C=O) groups is 6. The van der Waals surface area contributed by atoms with Crippen molar-refractivity contribution in [1.82, 2.24) is 46.9 Å². The zero-order valence-electron chi connectivity index (χ0n) is 30.5. The number of aliphatic carboxylic acids is 1. The lowest BCUT2D eigenvalue weighted by Gasteiger charge is -2.23. The van der Waals surface area contributed by atoms with Gasteiger partial charge in [0.05, 0.1) is 24.8 Å². The Morgan fingerprint density at radius 2 is 1.72 bits per heavy atom. The highest BCUT2D eigenvalue weighted by Gasteiger charge is 2.28. The summed E-state index contributed by atoms with van der Waals surface area (Å²) < 4.78 is 7.44. The number of carboxylic acid groups (broad SMARTS) is 1. The quantitative estimate of drug-likeness (QED) is 0.161. The minimum absolute atomic E-state index is 0.0392. The van der Waals surface area contributed by atoms with Crippen LogP contribution in [0.5, 0.6) is 5.75 Å². The van der Waals surface area contributed by atoms with Crippen molar-refractivity contribution in [2.75, 3.05) is 26.7 Å². The summed E-state index contributed by atoms with van der Waals surface area (Å²) in [6, 6.07) is 11.6. The Balaban J connectivity index is 1.51. The average molecular weight is 748 g/mol. The molecule has 2 aromatic carbocycles. The highest BCUT2D eigenvalue weighted by Crippen LogP contribution is 2.15. The molecule has 0 aliphatic carbocycles. The first kappa shape index (κ1) is 40.9. The summed E-state index contributed by atoms with van der Waals surface area (Å²) in [7, 11) is 1.61. The fourth-order valence-corrected chi connectivity index (χ4v) is 5.57. The van der Waals surface area contributed by atoms with Gasteiger partial charge in [-0.15, -0.1) is 5.10 Å². The van der Waals surface area contributed by atoms with Crippen molar-refractivity contribution in [1.29, 1.82) is 0 Å². The number of hydrogen-bond acceptors (Lipinski definition) is 10. The molecule has 17 nitrogen and oxygen atoms in total. The van der Waals surface area contributed by atoms with E-state index >= 15 is 0 Å². The Labute approximate surface area is 313 Å². The van der Waals surface area contributed by atoms with E-state index in [1.54, 1.807) is 79.4 Å². The summed E-state index contributed by atoms with van der Waals surface area (Å²) in [5.74, 6) is -3.29. The van der Waals surface area contributed by atoms with Crippen molar-refractivity contribution in [3.8, 4) is 5.75 Å². The normalized spacial score (nSPS) is 20.7. The van der Waals surface area contributed by atoms with Gasteiger partial charge in [0.15, 0.2) is 0 Å². The molecule has 3 aromatic rings. The smallest absolute Gasteiger partial charge is 0.326 e. The summed E-state index contributed by atoms with van der Waals surface area (Å²) >= 11 is 0. The zero-order chi connectivity index (χ0) is 38.9. The highest BCUT2D eigenvalue weighted by atomic mass is 16.5. The molecule has 1 aromatic heterocycles. The third-order valence-electron chi connectivity index (χ3n) is 8.82. The summed E-state index contributed by atoms with van der Waals surface area (Å²) in [5, 5.41) is 34.4. The highest BCUT2D eigenvalue weighted by molar-refractivity contribution is 5.94. The van der Waals surface area contributed by atoms with Gasteiger partial charge in [0.25, 0.3) is 0 Å². The fraction of sp³-hybridized carbons (Fsp3) is 0.459. The molecule has 0 fully saturated rings. The van der Waals surface area contributed by atoms with Crippen molar-refractivity contribution in [3.05, 3.63) is 77.6 Å². The molecule has 0 unspecified atom stereocenters. The molecule has 7 N–H and O–H groups in total. The van der Waals surface area contributed by atoms with E-state index < -0.39 is 60.3 Å². The SMILES string of the molecule is CN[C@@H](C)C(=O)N[C@H]1CCCCNC(=O)CCc2cn(nn2)CCOc2ccc(cc2)C[C@@H](C(=O)O)NC(=O)[C@H](Cc2ccccc2)NC(=O)CNC1=O. The number of amides is 5. The number of nitrogens with zero attached hydrogens (tertiary/aromatic N) is 3. The van der Waals surface area contributed by atoms with Crippen LogP contribution in [0.4, 0.5) is 0 Å². The van der Waals surface area contributed by atoms with E-state index in [1.807, 2.05) is 0 Å². The predicted octanol–water partition coefficient (Wildman–Crippen LogP) is -0.362. The number of fused-ring (bicyclic) bond motifs is 22. The van der Waals surface area contributed by atoms with Gasteiger partial charge >= 0.3 is 5.97 Å². The molecule has 2 aliphatic heterocycles. The second-order valence-electron chi connectivity index (χ2n) is 13.0. The van der Waals surface area contributed by atoms with E-state index in [-0.39, 0.29) is 38.2 Å². The maximum Gasteiger partial charge on any atom is 0.326 e. The molecule has 5 amide bonds. The van der Waals surface area contributed by atoms with E-state index in [0.29, 0.717) is 54.9 Å². The van der Waals surface area contributed by atoms with Crippen LogP contribution in [0.3, 0.4) is 0 Å². The summed E-state index contributed by atoms with van der Waals surface area (Å²) in [6.07, 6.45) is 3.60. The van der Waals surface area contributed by atoms with Crippen molar-refractivity contribution >= 4 is 35.5 Å². The first-order valence-electron chi connectivity index (χ1n) is 18.0. The van der Waals surface area contributed by atoms with Crippen molar-refractivity contribution in [2.45, 2.75) is 82.6 Å². The molecule has 17 heteroatoms. The van der Waals surface area contributed by atoms with Crippen LogP contribution in [0.2, 0.25) is 0 Å². The van der Waals surface area contributed by atoms with E-state index in [9.17, 15) is 33.9 Å². The molecule has 4 bridgehead atoms. The Kier molecular flexibility index (Phi) is 15.9. The van der Waals surface area contributed by atoms with Crippen LogP contribution in [0.25, 0.3) is 0 Å². The van der Waals surface area contributed by atoms with Crippen LogP contribution in [0.1, 0.15) is 49.4 Å². The fourth-order valence-electron chi connectivity index (χ4n) is 5.57. The van der Waals surface area contributed by atoms with Crippen molar-refractivity contribution < 1.29 is 38.6 Å². The molecule has 0 saturated carbocycles. The molecule has 0 spiro atoms. The topological polar surface area (TPSA) is 235 Å². The Morgan fingerprint density at radius 1 is 0.963 bits per heavy atom. The predicted molar refractivity (Wildman–Crippen MR) is 196 cm³/mol. The van der Waals surface area contributed by atoms with E-state index in [4.69, 9.17) is 4.74 Å². The summed E-state index contributed by atoms with van der Waals surface area (Å²) in [5.41, 5.74) is 1.99. The van der Waals surface area contributed by atoms with Crippen molar-refractivity contribution in [3.63, 3.8) is 0 Å². The molecule has 0 radical (unpaired) electrons. The van der Waals surface area contributed by atoms with Gasteiger partial charge in [-0.25, -0.2) is 9.48 Å². The van der Waals surface area contributed by atoms with E-state index in [2.05, 4.69) is 42.2 Å². The number of hydrogen-bond donors (Lipinski definition) is 7. The molecule has 54 heavy (non-hydrogen) atoms. The van der Waals surface area contributed by atoms with Crippen LogP contribution in [-0.4, -0.2) is 107 Å². The first-order chi connectivity index (χ1) is 26.0. The Morgan fingerprint density at radius 3 is 2.44 bits per heavy atom. The minimum atomic E-state index is -1.31. The van der Waals surface area contributed by atoms with Crippen LogP contribution in [-0.2, 0) is 54.6 Å². The molecule has 4 atom stereocenters. The second kappa shape index (κ2) is 21.0. The maximum atomic E-state index is 13.6. The average Bonchev–Trinajstić information content (AvgIpc) is 3.62. The first-order valence-corrected chi connectivity index (χ1v) is 18.0. The third-order valence-corrected chi connectivity index (χ3v) is 8.82. The molecule has 5 rings (SSSR count). The molecule has 290 valence electrons. The lowest BCUT2D eigenvalue weighted by molar-refractivity contribution is -0.142. The Hall–Kier alpha value is -5.84. The lowest BCUT2D eigenvalue weighted by Crippen LogP contribution is -2.55. The number of benzene rings is 2. The van der Waals surface area contributed by atoms with Gasteiger partial charge in [0.2, 0.25) is 29.5 Å². The van der Waals surface area contributed by atoms with Gasteiger partial charge in [-0.05, 0) is 56.5 Å². The van der Waals surface area contributed by atoms with Gasteiger partial charge in [0, 0.05) is 38.4 Å². The van der Waals surface area contributed by atoms with Crippen LogP contribution in [0.15, 0.2) is 60.8 Å². The van der Waals surface area contributed by atoms with Gasteiger partial charge in [-0.2, -0.15) is 0 Å². The van der Waals surface area contributed by atoms with E-state index in [0.717, 1.165) is 0 Å².